The summed E-state index contributed by atoms with van der Waals surface area (Å²) in [5, 5.41) is 0. The van der Waals surface area contributed by atoms with Crippen molar-refractivity contribution in [2.45, 2.75) is 24.9 Å². The summed E-state index contributed by atoms with van der Waals surface area (Å²) in [6.45, 7) is 1.57. The number of rotatable bonds is 3. The average molecular weight is 458 g/mol. The Labute approximate surface area is 176 Å². The number of benzene rings is 2. The molecule has 3 aromatic rings. The second-order valence-electron chi connectivity index (χ2n) is 7.28. The number of aromatic amines is 1. The minimum atomic E-state index is -0.796. The Bertz CT molecular complexity index is 1030. The van der Waals surface area contributed by atoms with Crippen LogP contribution in [0.4, 0.5) is 4.79 Å². The summed E-state index contributed by atoms with van der Waals surface area (Å²) in [6.07, 6.45) is 0.102. The Morgan fingerprint density at radius 1 is 1.24 bits per heavy atom. The molecule has 1 amide bonds. The minimum Gasteiger partial charge on any atom is -0.445 e. The number of imidazole rings is 1. The number of fused-ring (bicyclic) bond motifs is 1. The molecule has 1 N–H and O–H groups in total. The molecule has 0 radical (unpaired) electrons. The molecule has 7 nitrogen and oxygen atoms in total. The second-order valence-corrected chi connectivity index (χ2v) is 8.19. The third-order valence-corrected chi connectivity index (χ3v) is 5.82. The van der Waals surface area contributed by atoms with E-state index in [9.17, 15) is 4.79 Å². The van der Waals surface area contributed by atoms with E-state index in [1.165, 1.54) is 0 Å². The van der Waals surface area contributed by atoms with Crippen molar-refractivity contribution < 1.29 is 19.0 Å². The standard InChI is InChI=1S/C21H20BrN3O4/c22-15-6-7-16-17(10-15)24-19(23-16)18-11-21(28-8-9-29-21)13-25(18)20(26)27-12-14-4-2-1-3-5-14/h1-7,10,18H,8-9,11-13H2,(H,23,24)/t18-/m0/s1. The minimum absolute atomic E-state index is 0.213. The van der Waals surface area contributed by atoms with Crippen LogP contribution in [0.25, 0.3) is 11.0 Å². The number of hydrogen-bond donors (Lipinski definition) is 1. The van der Waals surface area contributed by atoms with Crippen LogP contribution in [0.2, 0.25) is 0 Å². The fourth-order valence-corrected chi connectivity index (χ4v) is 4.30. The van der Waals surface area contributed by atoms with Crippen LogP contribution in [0.5, 0.6) is 0 Å². The van der Waals surface area contributed by atoms with Gasteiger partial charge in [-0.25, -0.2) is 9.78 Å². The second kappa shape index (κ2) is 7.44. The number of nitrogens with zero attached hydrogens (tertiary/aromatic N) is 2. The number of aromatic nitrogens is 2. The molecular formula is C21H20BrN3O4. The first-order valence-electron chi connectivity index (χ1n) is 9.52. The van der Waals surface area contributed by atoms with Gasteiger partial charge in [0.15, 0.2) is 5.79 Å². The number of likely N-dealkylation sites (tertiary alicyclic amines) is 1. The molecule has 2 aromatic carbocycles. The topological polar surface area (TPSA) is 76.7 Å². The molecular weight excluding hydrogens is 438 g/mol. The van der Waals surface area contributed by atoms with Gasteiger partial charge in [0.2, 0.25) is 0 Å². The van der Waals surface area contributed by atoms with Crippen LogP contribution < -0.4 is 0 Å². The highest BCUT2D eigenvalue weighted by molar-refractivity contribution is 9.10. The number of halogens is 1. The predicted octanol–water partition coefficient (Wildman–Crippen LogP) is 4.15. The van der Waals surface area contributed by atoms with Crippen LogP contribution in [-0.2, 0) is 20.8 Å². The van der Waals surface area contributed by atoms with Gasteiger partial charge in [-0.05, 0) is 23.8 Å². The summed E-state index contributed by atoms with van der Waals surface area (Å²) >= 11 is 3.48. The first-order valence-corrected chi connectivity index (χ1v) is 10.3. The molecule has 1 aromatic heterocycles. The lowest BCUT2D eigenvalue weighted by atomic mass is 10.1. The van der Waals surface area contributed by atoms with Gasteiger partial charge in [-0.3, -0.25) is 4.90 Å². The summed E-state index contributed by atoms with van der Waals surface area (Å²) in [6, 6.07) is 15.2. The third kappa shape index (κ3) is 3.63. The van der Waals surface area contributed by atoms with Gasteiger partial charge in [-0.1, -0.05) is 46.3 Å². The van der Waals surface area contributed by atoms with Gasteiger partial charge in [0.05, 0.1) is 36.8 Å². The molecule has 0 saturated carbocycles. The van der Waals surface area contributed by atoms with E-state index in [2.05, 4.69) is 20.9 Å². The zero-order valence-electron chi connectivity index (χ0n) is 15.6. The van der Waals surface area contributed by atoms with E-state index in [1.807, 2.05) is 48.5 Å². The van der Waals surface area contributed by atoms with Crippen LogP contribution in [-0.4, -0.2) is 46.5 Å². The number of nitrogens with one attached hydrogen (secondary N) is 1. The molecule has 150 valence electrons. The zero-order valence-corrected chi connectivity index (χ0v) is 17.2. The SMILES string of the molecule is O=C(OCc1ccccc1)N1CC2(C[C@H]1c1nc3ccc(Br)cc3[nH]1)OCCO2. The Kier molecular flexibility index (Phi) is 4.77. The largest absolute Gasteiger partial charge is 0.445 e. The molecule has 3 heterocycles. The van der Waals surface area contributed by atoms with Gasteiger partial charge in [0.25, 0.3) is 0 Å². The number of hydrogen-bond acceptors (Lipinski definition) is 5. The van der Waals surface area contributed by atoms with Crippen molar-refractivity contribution in [2.75, 3.05) is 19.8 Å². The van der Waals surface area contributed by atoms with Crippen molar-refractivity contribution >= 4 is 33.1 Å². The monoisotopic (exact) mass is 457 g/mol. The van der Waals surface area contributed by atoms with Gasteiger partial charge in [0, 0.05) is 10.9 Å². The summed E-state index contributed by atoms with van der Waals surface area (Å²) in [7, 11) is 0. The van der Waals surface area contributed by atoms with Gasteiger partial charge in [0.1, 0.15) is 12.4 Å². The van der Waals surface area contributed by atoms with E-state index in [0.29, 0.717) is 32.0 Å². The number of amides is 1. The van der Waals surface area contributed by atoms with Crippen molar-refractivity contribution in [3.8, 4) is 0 Å². The van der Waals surface area contributed by atoms with Gasteiger partial charge >= 0.3 is 6.09 Å². The van der Waals surface area contributed by atoms with Crippen LogP contribution in [0.3, 0.4) is 0 Å². The smallest absolute Gasteiger partial charge is 0.410 e. The Balaban J connectivity index is 1.41. The first kappa shape index (κ1) is 18.6. The Morgan fingerprint density at radius 3 is 2.83 bits per heavy atom. The van der Waals surface area contributed by atoms with Crippen LogP contribution in [0, 0.1) is 0 Å². The van der Waals surface area contributed by atoms with Crippen molar-refractivity contribution in [3.63, 3.8) is 0 Å². The highest BCUT2D eigenvalue weighted by Crippen LogP contribution is 2.42. The van der Waals surface area contributed by atoms with E-state index in [4.69, 9.17) is 19.2 Å². The van der Waals surface area contributed by atoms with Crippen LogP contribution in [0.15, 0.2) is 53.0 Å². The summed E-state index contributed by atoms with van der Waals surface area (Å²) < 4.78 is 18.3. The maximum atomic E-state index is 13.0. The third-order valence-electron chi connectivity index (χ3n) is 5.32. The maximum absolute atomic E-state index is 13.0. The normalized spacial score (nSPS) is 20.6. The van der Waals surface area contributed by atoms with Crippen molar-refractivity contribution in [2.24, 2.45) is 0 Å². The number of carbonyl (C=O) groups excluding carboxylic acids is 1. The van der Waals surface area contributed by atoms with E-state index < -0.39 is 11.9 Å². The number of H-pyrrole nitrogens is 1. The molecule has 2 saturated heterocycles. The Morgan fingerprint density at radius 2 is 2.03 bits per heavy atom. The first-order chi connectivity index (χ1) is 14.1. The lowest BCUT2D eigenvalue weighted by molar-refractivity contribution is -0.145. The molecule has 2 aliphatic rings. The van der Waals surface area contributed by atoms with E-state index in [0.717, 1.165) is 21.1 Å². The van der Waals surface area contributed by atoms with Crippen molar-refractivity contribution in [1.82, 2.24) is 14.9 Å². The van der Waals surface area contributed by atoms with E-state index in [1.54, 1.807) is 4.90 Å². The molecule has 8 heteroatoms. The Hall–Kier alpha value is -2.42. The van der Waals surface area contributed by atoms with E-state index in [-0.39, 0.29) is 12.6 Å². The number of ether oxygens (including phenoxy) is 3. The van der Waals surface area contributed by atoms with Crippen molar-refractivity contribution in [1.29, 1.82) is 0 Å². The van der Waals surface area contributed by atoms with Gasteiger partial charge in [-0.15, -0.1) is 0 Å². The lowest BCUT2D eigenvalue weighted by Crippen LogP contribution is -2.37. The molecule has 1 atom stereocenters. The summed E-state index contributed by atoms with van der Waals surface area (Å²) in [5.74, 6) is -0.0959. The summed E-state index contributed by atoms with van der Waals surface area (Å²) in [5.41, 5.74) is 2.68. The van der Waals surface area contributed by atoms with Crippen LogP contribution in [0.1, 0.15) is 23.9 Å². The van der Waals surface area contributed by atoms with Gasteiger partial charge < -0.3 is 19.2 Å². The van der Waals surface area contributed by atoms with Gasteiger partial charge in [-0.2, -0.15) is 0 Å². The molecule has 0 bridgehead atoms. The van der Waals surface area contributed by atoms with E-state index >= 15 is 0 Å². The number of carbonyl (C=O) groups is 1. The molecule has 1 spiro atoms. The van der Waals surface area contributed by atoms with Crippen LogP contribution >= 0.6 is 15.9 Å². The molecule has 29 heavy (non-hydrogen) atoms. The molecule has 2 fully saturated rings. The maximum Gasteiger partial charge on any atom is 0.410 e. The fraction of sp³-hybridized carbons (Fsp3) is 0.333. The molecule has 2 aliphatic heterocycles. The predicted molar refractivity (Wildman–Crippen MR) is 109 cm³/mol. The average Bonchev–Trinajstić information content (AvgIpc) is 3.45. The quantitative estimate of drug-likeness (QED) is 0.638. The lowest BCUT2D eigenvalue weighted by Gasteiger charge is -2.23. The molecule has 5 rings (SSSR count). The highest BCUT2D eigenvalue weighted by atomic mass is 79.9. The summed E-state index contributed by atoms with van der Waals surface area (Å²) in [4.78, 5) is 22.7. The highest BCUT2D eigenvalue weighted by Gasteiger charge is 2.52. The fourth-order valence-electron chi connectivity index (χ4n) is 3.94. The molecule has 0 unspecified atom stereocenters. The van der Waals surface area contributed by atoms with Crippen molar-refractivity contribution in [3.05, 3.63) is 64.4 Å². The molecule has 0 aliphatic carbocycles. The zero-order chi connectivity index (χ0) is 19.8.